The summed E-state index contributed by atoms with van der Waals surface area (Å²) in [6.07, 6.45) is 3.60. The fourth-order valence-electron chi connectivity index (χ4n) is 1.93. The van der Waals surface area contributed by atoms with Gasteiger partial charge in [0.25, 0.3) is 0 Å². The molecule has 0 aliphatic carbocycles. The number of rotatable bonds is 5. The maximum Gasteiger partial charge on any atom is 0.0907 e. The second-order valence-corrected chi connectivity index (χ2v) is 5.48. The molecule has 0 aliphatic rings. The van der Waals surface area contributed by atoms with Gasteiger partial charge in [-0.1, -0.05) is 36.4 Å². The monoisotopic (exact) mass is 294 g/mol. The highest BCUT2D eigenvalue weighted by Crippen LogP contribution is 2.33. The van der Waals surface area contributed by atoms with Gasteiger partial charge >= 0.3 is 0 Å². The third-order valence-corrected chi connectivity index (χ3v) is 2.93. The number of nitrogens with zero attached hydrogens (tertiary/aromatic N) is 4. The summed E-state index contributed by atoms with van der Waals surface area (Å²) in [5, 5.41) is 0. The van der Waals surface area contributed by atoms with Crippen LogP contribution in [0, 0.1) is 0 Å². The molecule has 4 heteroatoms. The highest BCUT2D eigenvalue weighted by atomic mass is 15.1. The van der Waals surface area contributed by atoms with E-state index in [1.165, 1.54) is 0 Å². The van der Waals surface area contributed by atoms with Crippen molar-refractivity contribution in [1.29, 1.82) is 0 Å². The van der Waals surface area contributed by atoms with Gasteiger partial charge in [0.05, 0.1) is 24.1 Å². The first-order chi connectivity index (χ1) is 10.6. The molecule has 2 aromatic rings. The van der Waals surface area contributed by atoms with E-state index in [0.717, 1.165) is 22.5 Å². The molecule has 0 saturated heterocycles. The predicted molar refractivity (Wildman–Crippen MR) is 95.6 cm³/mol. The van der Waals surface area contributed by atoms with E-state index in [-0.39, 0.29) is 0 Å². The summed E-state index contributed by atoms with van der Waals surface area (Å²) >= 11 is 0. The minimum Gasteiger partial charge on any atom is -0.369 e. The largest absolute Gasteiger partial charge is 0.369 e. The number of hydrogen-bond acceptors (Lipinski definition) is 2. The topological polar surface area (TPSA) is 31.2 Å². The van der Waals surface area contributed by atoms with E-state index in [1.807, 2.05) is 68.3 Å². The van der Waals surface area contributed by atoms with Crippen LogP contribution in [-0.2, 0) is 0 Å². The Hall–Kier alpha value is -2.62. The van der Waals surface area contributed by atoms with Crippen molar-refractivity contribution in [2.24, 2.45) is 9.98 Å². The standard InChI is InChI=1S/C18H22N4/c1-21(2)13-19-16-10-11-17(15-8-6-5-7-9-15)18(12-16)20-14-22(3)4/h5-14H,1-4H3. The Morgan fingerprint density at radius 3 is 2.05 bits per heavy atom. The molecule has 0 aromatic heterocycles. The Bertz CT molecular complexity index is 658. The average molecular weight is 294 g/mol. The van der Waals surface area contributed by atoms with Crippen LogP contribution in [0.2, 0.25) is 0 Å². The Kier molecular flexibility index (Phi) is 5.31. The van der Waals surface area contributed by atoms with Crippen LogP contribution < -0.4 is 0 Å². The van der Waals surface area contributed by atoms with Gasteiger partial charge in [-0.3, -0.25) is 0 Å². The predicted octanol–water partition coefficient (Wildman–Crippen LogP) is 3.80. The lowest BCUT2D eigenvalue weighted by atomic mass is 10.0. The Morgan fingerprint density at radius 1 is 0.773 bits per heavy atom. The maximum absolute atomic E-state index is 4.58. The minimum atomic E-state index is 0.888. The van der Waals surface area contributed by atoms with Crippen LogP contribution in [0.4, 0.5) is 11.4 Å². The van der Waals surface area contributed by atoms with Gasteiger partial charge in [0.1, 0.15) is 0 Å². The molecule has 0 fully saturated rings. The van der Waals surface area contributed by atoms with Gasteiger partial charge in [-0.2, -0.15) is 0 Å². The summed E-state index contributed by atoms with van der Waals surface area (Å²) < 4.78 is 0. The first kappa shape index (κ1) is 15.8. The molecular weight excluding hydrogens is 272 g/mol. The number of benzene rings is 2. The van der Waals surface area contributed by atoms with Crippen LogP contribution >= 0.6 is 0 Å². The zero-order valence-corrected chi connectivity index (χ0v) is 13.6. The van der Waals surface area contributed by atoms with Crippen molar-refractivity contribution in [1.82, 2.24) is 9.80 Å². The van der Waals surface area contributed by atoms with E-state index < -0.39 is 0 Å². The molecule has 0 amide bonds. The lowest BCUT2D eigenvalue weighted by Crippen LogP contribution is -2.07. The molecule has 0 heterocycles. The maximum atomic E-state index is 4.58. The number of aliphatic imine (C=N–C) groups is 2. The molecule has 2 aromatic carbocycles. The highest BCUT2D eigenvalue weighted by molar-refractivity contribution is 5.81. The summed E-state index contributed by atoms with van der Waals surface area (Å²) in [5.41, 5.74) is 4.05. The second-order valence-electron chi connectivity index (χ2n) is 5.48. The highest BCUT2D eigenvalue weighted by Gasteiger charge is 2.05. The molecule has 2 rings (SSSR count). The molecule has 114 valence electrons. The van der Waals surface area contributed by atoms with Gasteiger partial charge < -0.3 is 9.80 Å². The zero-order chi connectivity index (χ0) is 15.9. The third-order valence-electron chi connectivity index (χ3n) is 2.93. The van der Waals surface area contributed by atoms with Crippen LogP contribution in [0.25, 0.3) is 11.1 Å². The fourth-order valence-corrected chi connectivity index (χ4v) is 1.93. The van der Waals surface area contributed by atoms with Gasteiger partial charge in [-0.15, -0.1) is 0 Å². The van der Waals surface area contributed by atoms with Crippen molar-refractivity contribution in [2.75, 3.05) is 28.2 Å². The summed E-state index contributed by atoms with van der Waals surface area (Å²) in [6, 6.07) is 16.3. The first-order valence-electron chi connectivity index (χ1n) is 7.17. The molecule has 0 radical (unpaired) electrons. The lowest BCUT2D eigenvalue weighted by molar-refractivity contribution is 0.643. The molecule has 0 spiro atoms. The van der Waals surface area contributed by atoms with Crippen molar-refractivity contribution in [2.45, 2.75) is 0 Å². The van der Waals surface area contributed by atoms with Crippen molar-refractivity contribution >= 4 is 24.1 Å². The fraction of sp³-hybridized carbons (Fsp3) is 0.222. The second kappa shape index (κ2) is 7.41. The molecule has 0 unspecified atom stereocenters. The summed E-state index contributed by atoms with van der Waals surface area (Å²) in [5.74, 6) is 0. The molecule has 0 atom stereocenters. The van der Waals surface area contributed by atoms with E-state index in [0.29, 0.717) is 0 Å². The van der Waals surface area contributed by atoms with Gasteiger partial charge in [0, 0.05) is 33.8 Å². The third kappa shape index (κ3) is 4.45. The Labute approximate surface area is 132 Å². The molecular formula is C18H22N4. The van der Waals surface area contributed by atoms with Crippen LogP contribution in [0.15, 0.2) is 58.5 Å². The van der Waals surface area contributed by atoms with Crippen LogP contribution in [-0.4, -0.2) is 50.7 Å². The molecule has 4 nitrogen and oxygen atoms in total. The average Bonchev–Trinajstić information content (AvgIpc) is 2.51. The van der Waals surface area contributed by atoms with Crippen LogP contribution in [0.5, 0.6) is 0 Å². The van der Waals surface area contributed by atoms with Crippen LogP contribution in [0.3, 0.4) is 0 Å². The van der Waals surface area contributed by atoms with E-state index in [9.17, 15) is 0 Å². The minimum absolute atomic E-state index is 0.888. The number of hydrogen-bond donors (Lipinski definition) is 0. The Balaban J connectivity index is 2.45. The molecule has 0 N–H and O–H groups in total. The van der Waals surface area contributed by atoms with E-state index in [2.05, 4.69) is 28.2 Å². The van der Waals surface area contributed by atoms with Crippen molar-refractivity contribution in [3.8, 4) is 11.1 Å². The van der Waals surface area contributed by atoms with E-state index in [1.54, 1.807) is 12.7 Å². The lowest BCUT2D eigenvalue weighted by Gasteiger charge is -2.09. The van der Waals surface area contributed by atoms with Crippen molar-refractivity contribution < 1.29 is 0 Å². The van der Waals surface area contributed by atoms with E-state index in [4.69, 9.17) is 0 Å². The zero-order valence-electron chi connectivity index (χ0n) is 13.6. The summed E-state index contributed by atoms with van der Waals surface area (Å²) in [4.78, 5) is 12.9. The van der Waals surface area contributed by atoms with Gasteiger partial charge in [-0.05, 0) is 17.7 Å². The van der Waals surface area contributed by atoms with Gasteiger partial charge in [-0.25, -0.2) is 9.98 Å². The van der Waals surface area contributed by atoms with Crippen molar-refractivity contribution in [3.63, 3.8) is 0 Å². The Morgan fingerprint density at radius 2 is 1.41 bits per heavy atom. The summed E-state index contributed by atoms with van der Waals surface area (Å²) in [6.45, 7) is 0. The molecule has 22 heavy (non-hydrogen) atoms. The smallest absolute Gasteiger partial charge is 0.0907 e. The normalized spacial score (nSPS) is 11.3. The van der Waals surface area contributed by atoms with Gasteiger partial charge in [0.15, 0.2) is 0 Å². The van der Waals surface area contributed by atoms with Gasteiger partial charge in [0.2, 0.25) is 0 Å². The van der Waals surface area contributed by atoms with E-state index >= 15 is 0 Å². The quantitative estimate of drug-likeness (QED) is 0.620. The van der Waals surface area contributed by atoms with Crippen molar-refractivity contribution in [3.05, 3.63) is 48.5 Å². The summed E-state index contributed by atoms with van der Waals surface area (Å²) in [7, 11) is 7.82. The molecule has 0 aliphatic heterocycles. The first-order valence-corrected chi connectivity index (χ1v) is 7.17. The molecule has 0 saturated carbocycles. The molecule has 0 bridgehead atoms. The SMILES string of the molecule is CN(C)C=Nc1ccc(-c2ccccc2)c(N=CN(C)C)c1. The van der Waals surface area contributed by atoms with Crippen LogP contribution in [0.1, 0.15) is 0 Å².